The van der Waals surface area contributed by atoms with Crippen LogP contribution in [-0.2, 0) is 9.53 Å². The maximum atomic E-state index is 14.7. The van der Waals surface area contributed by atoms with Crippen molar-refractivity contribution in [3.05, 3.63) is 59.4 Å². The van der Waals surface area contributed by atoms with Gasteiger partial charge in [-0.05, 0) is 81.3 Å². The van der Waals surface area contributed by atoms with Crippen LogP contribution < -0.4 is 0 Å². The van der Waals surface area contributed by atoms with Gasteiger partial charge in [0.25, 0.3) is 5.91 Å². The van der Waals surface area contributed by atoms with Crippen molar-refractivity contribution >= 4 is 17.3 Å². The van der Waals surface area contributed by atoms with Gasteiger partial charge < -0.3 is 18.9 Å². The highest BCUT2D eigenvalue weighted by Gasteiger charge is 2.41. The van der Waals surface area contributed by atoms with E-state index < -0.39 is 5.82 Å². The lowest BCUT2D eigenvalue weighted by molar-refractivity contribution is -0.132. The third-order valence-electron chi connectivity index (χ3n) is 11.6. The number of halogens is 1. The van der Waals surface area contributed by atoms with Crippen molar-refractivity contribution in [1.29, 1.82) is 0 Å². The molecule has 2 unspecified atom stereocenters. The maximum Gasteiger partial charge on any atom is 0.254 e. The van der Waals surface area contributed by atoms with Crippen LogP contribution in [0.4, 0.5) is 4.39 Å². The predicted molar refractivity (Wildman–Crippen MR) is 185 cm³/mol. The fourth-order valence-electron chi connectivity index (χ4n) is 8.82. The van der Waals surface area contributed by atoms with Gasteiger partial charge in [-0.3, -0.25) is 19.4 Å². The lowest BCUT2D eigenvalue weighted by atomic mass is 9.85. The molecule has 0 N–H and O–H groups in total. The third-order valence-corrected chi connectivity index (χ3v) is 11.6. The molecule has 4 fully saturated rings. The zero-order valence-corrected chi connectivity index (χ0v) is 29.2. The van der Waals surface area contributed by atoms with Crippen LogP contribution in [0.15, 0.2) is 36.7 Å². The van der Waals surface area contributed by atoms with Crippen molar-refractivity contribution < 1.29 is 18.7 Å². The number of pyridine rings is 1. The molecule has 7 rings (SSSR count). The van der Waals surface area contributed by atoms with E-state index in [9.17, 15) is 14.0 Å². The van der Waals surface area contributed by atoms with E-state index in [-0.39, 0.29) is 17.9 Å². The monoisotopic (exact) mass is 658 g/mol. The van der Waals surface area contributed by atoms with E-state index in [2.05, 4.69) is 45.3 Å². The zero-order chi connectivity index (χ0) is 33.7. The summed E-state index contributed by atoms with van der Waals surface area (Å²) in [6, 6.07) is 8.29. The molecular weight excluding hydrogens is 607 g/mol. The number of likely N-dealkylation sites (tertiary alicyclic amines) is 2. The van der Waals surface area contributed by atoms with E-state index in [1.165, 1.54) is 43.4 Å². The summed E-state index contributed by atoms with van der Waals surface area (Å²) in [7, 11) is 0. The van der Waals surface area contributed by atoms with Gasteiger partial charge in [-0.1, -0.05) is 19.9 Å². The molecule has 4 aliphatic heterocycles. The van der Waals surface area contributed by atoms with Crippen LogP contribution in [0.25, 0.3) is 16.6 Å². The van der Waals surface area contributed by atoms with E-state index in [1.807, 2.05) is 24.9 Å². The first-order valence-corrected chi connectivity index (χ1v) is 18.0. The van der Waals surface area contributed by atoms with E-state index in [0.717, 1.165) is 55.2 Å². The first-order chi connectivity index (χ1) is 23.1. The smallest absolute Gasteiger partial charge is 0.254 e. The summed E-state index contributed by atoms with van der Waals surface area (Å²) in [4.78, 5) is 39.7. The molecule has 6 heterocycles. The maximum absolute atomic E-state index is 14.7. The number of ether oxygens (including phenoxy) is 1. The fourth-order valence-corrected chi connectivity index (χ4v) is 8.82. The fraction of sp³-hybridized carbons (Fsp3) is 0.605. The van der Waals surface area contributed by atoms with Gasteiger partial charge in [0.2, 0.25) is 5.91 Å². The molecule has 0 spiro atoms. The topological polar surface area (TPSA) is 73.6 Å². The van der Waals surface area contributed by atoms with Crippen molar-refractivity contribution in [2.24, 2.45) is 5.92 Å². The van der Waals surface area contributed by atoms with Crippen molar-refractivity contribution in [2.45, 2.75) is 90.4 Å². The standard InChI is InChI=1S/C38H51FN6O3/c1-24(2)36(7-6-12-44-31-9-10-32(44)22-41(21-31)27(5)46)42-18-29(19-42)28-15-34(37-17-40-26(4)45(37)20-28)33-11-8-30(39)16-35(33)38(47)43-13-14-48-23-25(43)3/h8,11,15-17,20,24-25,29,31-32,36H,6-7,9-10,12-14,18-19,21-23H2,1-5H3/t25-,31?,32?,36-/m1/s1. The van der Waals surface area contributed by atoms with Gasteiger partial charge in [-0.15, -0.1) is 0 Å². The molecule has 4 atom stereocenters. The second kappa shape index (κ2) is 13.5. The molecule has 1 aromatic carbocycles. The summed E-state index contributed by atoms with van der Waals surface area (Å²) in [6.07, 6.45) is 8.82. The summed E-state index contributed by atoms with van der Waals surface area (Å²) in [5, 5.41) is 0. The number of hydrogen-bond acceptors (Lipinski definition) is 6. The van der Waals surface area contributed by atoms with Gasteiger partial charge in [0, 0.05) is 75.5 Å². The number of carbonyl (C=O) groups excluding carboxylic acids is 2. The summed E-state index contributed by atoms with van der Waals surface area (Å²) in [6.45, 7) is 16.7. The SMILES string of the molecule is CC(=O)N1CC2CCC(C1)N2CCC[C@H](C(C)C)N1CC(c2cc(-c3ccc(F)cc3C(=O)N3CCOC[C@H]3C)c3cnc(C)n3c2)C1. The molecule has 3 aromatic rings. The Morgan fingerprint density at radius 1 is 1.06 bits per heavy atom. The van der Waals surface area contributed by atoms with Gasteiger partial charge in [0.15, 0.2) is 0 Å². The van der Waals surface area contributed by atoms with Gasteiger partial charge in [-0.25, -0.2) is 9.37 Å². The van der Waals surface area contributed by atoms with Crippen molar-refractivity contribution in [1.82, 2.24) is 29.0 Å². The molecular formula is C38H51FN6O3. The second-order valence-electron chi connectivity index (χ2n) is 15.0. The number of aromatic nitrogens is 2. The van der Waals surface area contributed by atoms with Gasteiger partial charge in [0.1, 0.15) is 11.6 Å². The highest BCUT2D eigenvalue weighted by molar-refractivity contribution is 6.03. The molecule has 9 nitrogen and oxygen atoms in total. The van der Waals surface area contributed by atoms with E-state index in [1.54, 1.807) is 17.9 Å². The molecule has 0 radical (unpaired) electrons. The van der Waals surface area contributed by atoms with Crippen molar-refractivity contribution in [3.8, 4) is 11.1 Å². The van der Waals surface area contributed by atoms with Crippen molar-refractivity contribution in [3.63, 3.8) is 0 Å². The quantitative estimate of drug-likeness (QED) is 0.315. The Balaban J connectivity index is 1.07. The summed E-state index contributed by atoms with van der Waals surface area (Å²) in [5.74, 6) is 1.44. The highest BCUT2D eigenvalue weighted by Crippen LogP contribution is 2.38. The van der Waals surface area contributed by atoms with Crippen LogP contribution in [0.5, 0.6) is 0 Å². The molecule has 2 amide bonds. The van der Waals surface area contributed by atoms with Crippen LogP contribution >= 0.6 is 0 Å². The van der Waals surface area contributed by atoms with Crippen LogP contribution in [0, 0.1) is 18.7 Å². The zero-order valence-electron chi connectivity index (χ0n) is 29.2. The summed E-state index contributed by atoms with van der Waals surface area (Å²) >= 11 is 0. The Bertz CT molecular complexity index is 1650. The minimum absolute atomic E-state index is 0.0760. The Kier molecular flexibility index (Phi) is 9.34. The number of hydrogen-bond donors (Lipinski definition) is 0. The number of fused-ring (bicyclic) bond motifs is 3. The van der Waals surface area contributed by atoms with Crippen molar-refractivity contribution in [2.75, 3.05) is 52.5 Å². The normalized spacial score (nSPS) is 24.4. The first kappa shape index (κ1) is 33.2. The summed E-state index contributed by atoms with van der Waals surface area (Å²) < 4.78 is 22.4. The lowest BCUT2D eigenvalue weighted by Gasteiger charge is -2.47. The van der Waals surface area contributed by atoms with Gasteiger partial charge in [0.05, 0.1) is 36.5 Å². The minimum atomic E-state index is -0.416. The number of nitrogens with zero attached hydrogens (tertiary/aromatic N) is 6. The Morgan fingerprint density at radius 2 is 1.81 bits per heavy atom. The van der Waals surface area contributed by atoms with Crippen LogP contribution in [0.3, 0.4) is 0 Å². The average molecular weight is 659 g/mol. The Labute approximate surface area is 284 Å². The molecule has 258 valence electrons. The third kappa shape index (κ3) is 6.27. The number of imidazole rings is 1. The highest BCUT2D eigenvalue weighted by atomic mass is 19.1. The Hall–Kier alpha value is -3.34. The number of rotatable bonds is 9. The largest absolute Gasteiger partial charge is 0.377 e. The number of morpholine rings is 1. The molecule has 2 aromatic heterocycles. The van der Waals surface area contributed by atoms with Crippen LogP contribution in [0.2, 0.25) is 0 Å². The molecule has 2 bridgehead atoms. The number of piperazine rings is 1. The van der Waals surface area contributed by atoms with E-state index in [4.69, 9.17) is 4.74 Å². The van der Waals surface area contributed by atoms with Crippen LogP contribution in [0.1, 0.15) is 81.0 Å². The second-order valence-corrected chi connectivity index (χ2v) is 15.0. The van der Waals surface area contributed by atoms with Crippen LogP contribution in [-0.4, -0.2) is 117 Å². The molecule has 4 saturated heterocycles. The average Bonchev–Trinajstić information content (AvgIpc) is 3.52. The molecule has 4 aliphatic rings. The summed E-state index contributed by atoms with van der Waals surface area (Å²) in [5.41, 5.74) is 4.17. The molecule has 48 heavy (non-hydrogen) atoms. The number of carbonyl (C=O) groups is 2. The lowest BCUT2D eigenvalue weighted by Crippen LogP contribution is -2.55. The molecule has 10 heteroatoms. The van der Waals surface area contributed by atoms with Gasteiger partial charge in [-0.2, -0.15) is 0 Å². The molecule has 0 saturated carbocycles. The first-order valence-electron chi connectivity index (χ1n) is 18.0. The Morgan fingerprint density at radius 3 is 2.50 bits per heavy atom. The van der Waals surface area contributed by atoms with E-state index in [0.29, 0.717) is 55.3 Å². The number of benzene rings is 1. The van der Waals surface area contributed by atoms with Gasteiger partial charge >= 0.3 is 0 Å². The number of aryl methyl sites for hydroxylation is 1. The molecule has 0 aliphatic carbocycles. The predicted octanol–water partition coefficient (Wildman–Crippen LogP) is 5.21. The number of amides is 2. The van der Waals surface area contributed by atoms with E-state index >= 15 is 0 Å². The minimum Gasteiger partial charge on any atom is -0.377 e.